The van der Waals surface area contributed by atoms with Crippen molar-refractivity contribution in [2.24, 2.45) is 0 Å². The van der Waals surface area contributed by atoms with Crippen molar-refractivity contribution in [1.82, 2.24) is 5.32 Å². The van der Waals surface area contributed by atoms with Gasteiger partial charge in [-0.1, -0.05) is 38.8 Å². The van der Waals surface area contributed by atoms with Gasteiger partial charge in [0.15, 0.2) is 0 Å². The van der Waals surface area contributed by atoms with Crippen LogP contribution >= 0.6 is 0 Å². The highest BCUT2D eigenvalue weighted by Crippen LogP contribution is 2.17. The number of hydrogen-bond acceptors (Lipinski definition) is 3. The molecule has 3 heteroatoms. The molecule has 108 valence electrons. The summed E-state index contributed by atoms with van der Waals surface area (Å²) in [4.78, 5) is 0. The summed E-state index contributed by atoms with van der Waals surface area (Å²) in [5.41, 5.74) is 0.937. The molecule has 1 unspecified atom stereocenters. The molecule has 1 aromatic rings. The molecule has 0 radical (unpaired) electrons. The molecule has 0 saturated carbocycles. The van der Waals surface area contributed by atoms with Crippen LogP contribution < -0.4 is 10.1 Å². The Morgan fingerprint density at radius 2 is 1.84 bits per heavy atom. The Morgan fingerprint density at radius 1 is 1.11 bits per heavy atom. The first-order valence-electron chi connectivity index (χ1n) is 7.39. The van der Waals surface area contributed by atoms with Gasteiger partial charge in [0.05, 0.1) is 12.7 Å². The summed E-state index contributed by atoms with van der Waals surface area (Å²) in [6, 6.07) is 7.71. The van der Waals surface area contributed by atoms with Gasteiger partial charge in [0.2, 0.25) is 0 Å². The third-order valence-corrected chi connectivity index (χ3v) is 3.03. The number of benzene rings is 1. The lowest BCUT2D eigenvalue weighted by atomic mass is 10.1. The molecule has 1 atom stereocenters. The minimum absolute atomic E-state index is 0.443. The van der Waals surface area contributed by atoms with Crippen LogP contribution in [0.25, 0.3) is 0 Å². The molecular formula is C16H27NO2. The van der Waals surface area contributed by atoms with Gasteiger partial charge in [-0.15, -0.1) is 0 Å². The van der Waals surface area contributed by atoms with E-state index in [0.717, 1.165) is 30.9 Å². The summed E-state index contributed by atoms with van der Waals surface area (Å²) in [6.45, 7) is 6.60. The summed E-state index contributed by atoms with van der Waals surface area (Å²) >= 11 is 0. The van der Waals surface area contributed by atoms with Crippen LogP contribution in [0, 0.1) is 0 Å². The minimum atomic E-state index is -0.443. The first-order valence-corrected chi connectivity index (χ1v) is 7.39. The van der Waals surface area contributed by atoms with Crippen molar-refractivity contribution in [3.8, 4) is 5.75 Å². The van der Waals surface area contributed by atoms with E-state index in [1.54, 1.807) is 0 Å². The highest BCUT2D eigenvalue weighted by molar-refractivity contribution is 5.28. The Morgan fingerprint density at radius 3 is 2.47 bits per heavy atom. The molecule has 3 nitrogen and oxygen atoms in total. The van der Waals surface area contributed by atoms with E-state index in [0.29, 0.717) is 6.54 Å². The van der Waals surface area contributed by atoms with Crippen LogP contribution in [0.1, 0.15) is 51.2 Å². The summed E-state index contributed by atoms with van der Waals surface area (Å²) < 4.78 is 5.52. The predicted octanol–water partition coefficient (Wildman–Crippen LogP) is 3.29. The average molecular weight is 265 g/mol. The second-order valence-corrected chi connectivity index (χ2v) is 4.84. The highest BCUT2D eigenvalue weighted by Gasteiger charge is 2.06. The quantitative estimate of drug-likeness (QED) is 0.638. The molecule has 0 aliphatic carbocycles. The molecule has 19 heavy (non-hydrogen) atoms. The van der Waals surface area contributed by atoms with Crippen molar-refractivity contribution in [3.63, 3.8) is 0 Å². The normalized spacial score (nSPS) is 12.4. The van der Waals surface area contributed by atoms with Gasteiger partial charge >= 0.3 is 0 Å². The van der Waals surface area contributed by atoms with Gasteiger partial charge in [-0.2, -0.15) is 0 Å². The Balaban J connectivity index is 2.29. The van der Waals surface area contributed by atoms with E-state index in [4.69, 9.17) is 4.74 Å². The number of aliphatic hydroxyl groups excluding tert-OH is 1. The fraction of sp³-hybridized carbons (Fsp3) is 0.625. The second-order valence-electron chi connectivity index (χ2n) is 4.84. The van der Waals surface area contributed by atoms with E-state index < -0.39 is 6.10 Å². The van der Waals surface area contributed by atoms with E-state index in [-0.39, 0.29) is 0 Å². The third kappa shape index (κ3) is 6.60. The van der Waals surface area contributed by atoms with Crippen molar-refractivity contribution in [2.75, 3.05) is 19.7 Å². The SMILES string of the molecule is CCCCCNCC(O)c1ccc(OCCC)cc1. The van der Waals surface area contributed by atoms with Gasteiger partial charge in [0, 0.05) is 6.54 Å². The standard InChI is InChI=1S/C16H27NO2/c1-3-5-6-11-17-13-16(18)14-7-9-15(10-8-14)19-12-4-2/h7-10,16-18H,3-6,11-13H2,1-2H3. The fourth-order valence-corrected chi connectivity index (χ4v) is 1.86. The predicted molar refractivity (Wildman–Crippen MR) is 79.6 cm³/mol. The van der Waals surface area contributed by atoms with Crippen molar-refractivity contribution in [1.29, 1.82) is 0 Å². The zero-order valence-electron chi connectivity index (χ0n) is 12.2. The molecule has 0 aliphatic rings. The monoisotopic (exact) mass is 265 g/mol. The lowest BCUT2D eigenvalue weighted by molar-refractivity contribution is 0.174. The zero-order chi connectivity index (χ0) is 13.9. The van der Waals surface area contributed by atoms with Crippen LogP contribution in [-0.2, 0) is 0 Å². The number of ether oxygens (including phenoxy) is 1. The summed E-state index contributed by atoms with van der Waals surface area (Å²) in [6.07, 6.45) is 4.21. The maximum absolute atomic E-state index is 10.0. The highest BCUT2D eigenvalue weighted by atomic mass is 16.5. The second kappa shape index (κ2) is 9.82. The summed E-state index contributed by atoms with van der Waals surface area (Å²) in [5.74, 6) is 0.869. The Bertz CT molecular complexity index is 324. The molecule has 0 spiro atoms. The number of aliphatic hydroxyl groups is 1. The number of nitrogens with one attached hydrogen (secondary N) is 1. The molecule has 0 fully saturated rings. The molecule has 2 N–H and O–H groups in total. The van der Waals surface area contributed by atoms with E-state index in [2.05, 4.69) is 19.2 Å². The fourth-order valence-electron chi connectivity index (χ4n) is 1.86. The smallest absolute Gasteiger partial charge is 0.119 e. The average Bonchev–Trinajstić information content (AvgIpc) is 2.45. The molecule has 0 heterocycles. The maximum Gasteiger partial charge on any atom is 0.119 e. The molecule has 0 aromatic heterocycles. The molecule has 0 saturated heterocycles. The topological polar surface area (TPSA) is 41.5 Å². The van der Waals surface area contributed by atoms with Crippen molar-refractivity contribution >= 4 is 0 Å². The number of unbranched alkanes of at least 4 members (excludes halogenated alkanes) is 2. The molecule has 1 rings (SSSR count). The van der Waals surface area contributed by atoms with Crippen LogP contribution in [0.4, 0.5) is 0 Å². The minimum Gasteiger partial charge on any atom is -0.494 e. The maximum atomic E-state index is 10.0. The van der Waals surface area contributed by atoms with Crippen molar-refractivity contribution in [3.05, 3.63) is 29.8 Å². The van der Waals surface area contributed by atoms with Crippen LogP contribution in [0.5, 0.6) is 5.75 Å². The summed E-state index contributed by atoms with van der Waals surface area (Å²) in [5, 5.41) is 13.3. The van der Waals surface area contributed by atoms with Crippen LogP contribution in [0.3, 0.4) is 0 Å². The number of hydrogen-bond donors (Lipinski definition) is 2. The first kappa shape index (κ1) is 16.0. The number of rotatable bonds is 10. The largest absolute Gasteiger partial charge is 0.494 e. The van der Waals surface area contributed by atoms with E-state index in [1.807, 2.05) is 24.3 Å². The van der Waals surface area contributed by atoms with Crippen molar-refractivity contribution < 1.29 is 9.84 Å². The van der Waals surface area contributed by atoms with Gasteiger partial charge in [-0.3, -0.25) is 0 Å². The molecule has 0 amide bonds. The lowest BCUT2D eigenvalue weighted by Crippen LogP contribution is -2.22. The van der Waals surface area contributed by atoms with Gasteiger partial charge < -0.3 is 15.2 Å². The summed E-state index contributed by atoms with van der Waals surface area (Å²) in [7, 11) is 0. The van der Waals surface area contributed by atoms with Gasteiger partial charge in [0.25, 0.3) is 0 Å². The Hall–Kier alpha value is -1.06. The molecular weight excluding hydrogens is 238 g/mol. The van der Waals surface area contributed by atoms with Crippen LogP contribution in [0.2, 0.25) is 0 Å². The van der Waals surface area contributed by atoms with E-state index in [1.165, 1.54) is 19.3 Å². The molecule has 1 aromatic carbocycles. The zero-order valence-corrected chi connectivity index (χ0v) is 12.2. The van der Waals surface area contributed by atoms with E-state index >= 15 is 0 Å². The van der Waals surface area contributed by atoms with Gasteiger partial charge in [0.1, 0.15) is 5.75 Å². The Kier molecular flexibility index (Phi) is 8.26. The van der Waals surface area contributed by atoms with Gasteiger partial charge in [-0.25, -0.2) is 0 Å². The molecule has 0 aliphatic heterocycles. The lowest BCUT2D eigenvalue weighted by Gasteiger charge is -2.13. The van der Waals surface area contributed by atoms with Crippen LogP contribution in [-0.4, -0.2) is 24.8 Å². The first-order chi connectivity index (χ1) is 9.27. The van der Waals surface area contributed by atoms with Crippen LogP contribution in [0.15, 0.2) is 24.3 Å². The van der Waals surface area contributed by atoms with E-state index in [9.17, 15) is 5.11 Å². The van der Waals surface area contributed by atoms with Gasteiger partial charge in [-0.05, 0) is 37.1 Å². The third-order valence-electron chi connectivity index (χ3n) is 3.03. The van der Waals surface area contributed by atoms with Crippen molar-refractivity contribution in [2.45, 2.75) is 45.6 Å². The Labute approximate surface area is 117 Å². The molecule has 0 bridgehead atoms.